The van der Waals surface area contributed by atoms with Gasteiger partial charge in [-0.25, -0.2) is 9.97 Å². The van der Waals surface area contributed by atoms with Crippen molar-refractivity contribution in [2.45, 2.75) is 6.92 Å². The molecule has 0 fully saturated rings. The number of hydrogen-bond acceptors (Lipinski definition) is 4. The Morgan fingerprint density at radius 2 is 2.46 bits per heavy atom. The van der Waals surface area contributed by atoms with Crippen LogP contribution in [0.25, 0.3) is 6.08 Å². The third kappa shape index (κ3) is 2.91. The van der Waals surface area contributed by atoms with Gasteiger partial charge >= 0.3 is 0 Å². The van der Waals surface area contributed by atoms with E-state index in [1.54, 1.807) is 18.5 Å². The highest BCUT2D eigenvalue weighted by atomic mass is 35.5. The fourth-order valence-electron chi connectivity index (χ4n) is 0.728. The molecule has 4 nitrogen and oxygen atoms in total. The summed E-state index contributed by atoms with van der Waals surface area (Å²) in [5, 5.41) is 0.144. The van der Waals surface area contributed by atoms with Gasteiger partial charge in [-0.1, -0.05) is 0 Å². The molecule has 0 radical (unpaired) electrons. The lowest BCUT2D eigenvalue weighted by Gasteiger charge is -1.98. The Balaban J connectivity index is 2.77. The van der Waals surface area contributed by atoms with Crippen molar-refractivity contribution in [1.29, 1.82) is 0 Å². The van der Waals surface area contributed by atoms with Crippen molar-refractivity contribution in [3.63, 3.8) is 0 Å². The molecule has 0 bridgehead atoms. The average molecular weight is 200 g/mol. The molecule has 0 atom stereocenters. The molecule has 1 heterocycles. The maximum Gasteiger partial charge on any atom is 0.224 e. The third-order valence-electron chi connectivity index (χ3n) is 1.33. The molecule has 0 spiro atoms. The zero-order valence-electron chi connectivity index (χ0n) is 7.20. The zero-order chi connectivity index (χ0) is 9.68. The Kier molecular flexibility index (Phi) is 3.52. The Hall–Kier alpha value is -1.29. The van der Waals surface area contributed by atoms with Crippen molar-refractivity contribution in [2.24, 2.45) is 0 Å². The first kappa shape index (κ1) is 9.80. The summed E-state index contributed by atoms with van der Waals surface area (Å²) < 4.78 is 5.00. The monoisotopic (exact) mass is 199 g/mol. The lowest BCUT2D eigenvalue weighted by molar-refractivity contribution is 0.272. The quantitative estimate of drug-likeness (QED) is 0.595. The van der Waals surface area contributed by atoms with Crippen LogP contribution in [-0.4, -0.2) is 16.6 Å². The maximum absolute atomic E-state index is 5.56. The molecule has 70 valence electrons. The predicted octanol–water partition coefficient (Wildman–Crippen LogP) is 1.72. The SMILES string of the molecule is CCO/C=C/c1cnc(Cl)nc1N. The van der Waals surface area contributed by atoms with Gasteiger partial charge < -0.3 is 10.5 Å². The molecule has 5 heteroatoms. The normalized spacial score (nSPS) is 10.6. The van der Waals surface area contributed by atoms with Crippen molar-refractivity contribution in [3.05, 3.63) is 23.3 Å². The second-order valence-electron chi connectivity index (χ2n) is 2.24. The van der Waals surface area contributed by atoms with Crippen molar-refractivity contribution in [3.8, 4) is 0 Å². The van der Waals surface area contributed by atoms with E-state index in [9.17, 15) is 0 Å². The number of hydrogen-bond donors (Lipinski definition) is 1. The number of nitrogens with zero attached hydrogens (tertiary/aromatic N) is 2. The summed E-state index contributed by atoms with van der Waals surface area (Å²) >= 11 is 5.52. The molecule has 0 aliphatic carbocycles. The second-order valence-corrected chi connectivity index (χ2v) is 2.58. The zero-order valence-corrected chi connectivity index (χ0v) is 7.95. The number of nitrogens with two attached hydrogens (primary N) is 1. The molecule has 13 heavy (non-hydrogen) atoms. The van der Waals surface area contributed by atoms with E-state index in [4.69, 9.17) is 22.1 Å². The van der Waals surface area contributed by atoms with Crippen molar-refractivity contribution in [1.82, 2.24) is 9.97 Å². The van der Waals surface area contributed by atoms with E-state index in [0.29, 0.717) is 18.0 Å². The molecule has 2 N–H and O–H groups in total. The van der Waals surface area contributed by atoms with Gasteiger partial charge in [-0.15, -0.1) is 0 Å². The van der Waals surface area contributed by atoms with E-state index in [0.717, 1.165) is 0 Å². The van der Waals surface area contributed by atoms with Crippen LogP contribution in [0.4, 0.5) is 5.82 Å². The molecule has 0 saturated carbocycles. The van der Waals surface area contributed by atoms with Crippen molar-refractivity contribution in [2.75, 3.05) is 12.3 Å². The van der Waals surface area contributed by atoms with E-state index in [2.05, 4.69) is 9.97 Å². The Labute approximate surface area is 81.4 Å². The maximum atomic E-state index is 5.56. The fourth-order valence-corrected chi connectivity index (χ4v) is 0.868. The van der Waals surface area contributed by atoms with E-state index < -0.39 is 0 Å². The molecule has 0 aliphatic heterocycles. The van der Waals surface area contributed by atoms with Gasteiger partial charge in [-0.2, -0.15) is 0 Å². The van der Waals surface area contributed by atoms with E-state index in [-0.39, 0.29) is 5.28 Å². The van der Waals surface area contributed by atoms with Gasteiger partial charge in [0.25, 0.3) is 0 Å². The van der Waals surface area contributed by atoms with Crippen LogP contribution in [0.1, 0.15) is 12.5 Å². The number of anilines is 1. The number of halogens is 1. The van der Waals surface area contributed by atoms with E-state index >= 15 is 0 Å². The van der Waals surface area contributed by atoms with Crippen LogP contribution in [0, 0.1) is 0 Å². The Morgan fingerprint density at radius 1 is 1.69 bits per heavy atom. The molecule has 0 saturated heterocycles. The van der Waals surface area contributed by atoms with Gasteiger partial charge in [0.05, 0.1) is 12.9 Å². The largest absolute Gasteiger partial charge is 0.501 e. The summed E-state index contributed by atoms with van der Waals surface area (Å²) in [7, 11) is 0. The highest BCUT2D eigenvalue weighted by Gasteiger charge is 1.98. The number of ether oxygens (including phenoxy) is 1. The second kappa shape index (κ2) is 4.67. The molecular formula is C8H10ClN3O. The lowest BCUT2D eigenvalue weighted by atomic mass is 10.3. The summed E-state index contributed by atoms with van der Waals surface area (Å²) in [4.78, 5) is 7.56. The lowest BCUT2D eigenvalue weighted by Crippen LogP contribution is -1.95. The summed E-state index contributed by atoms with van der Waals surface area (Å²) in [6.07, 6.45) is 4.78. The summed E-state index contributed by atoms with van der Waals surface area (Å²) in [6, 6.07) is 0. The number of rotatable bonds is 3. The van der Waals surface area contributed by atoms with Gasteiger partial charge in [-0.3, -0.25) is 0 Å². The third-order valence-corrected chi connectivity index (χ3v) is 1.51. The van der Waals surface area contributed by atoms with Crippen LogP contribution in [0.3, 0.4) is 0 Å². The van der Waals surface area contributed by atoms with E-state index in [1.165, 1.54) is 0 Å². The molecule has 0 aliphatic rings. The standard InChI is InChI=1S/C8H10ClN3O/c1-2-13-4-3-6-5-11-8(9)12-7(6)10/h3-5H,2H2,1H3,(H2,10,11,12)/b4-3+. The van der Waals surface area contributed by atoms with Gasteiger partial charge in [0.15, 0.2) is 0 Å². The van der Waals surface area contributed by atoms with Gasteiger partial charge in [0, 0.05) is 11.8 Å². The van der Waals surface area contributed by atoms with Crippen molar-refractivity contribution < 1.29 is 4.74 Å². The first-order valence-corrected chi connectivity index (χ1v) is 4.18. The van der Waals surface area contributed by atoms with Crippen LogP contribution in [0.15, 0.2) is 12.5 Å². The average Bonchev–Trinajstić information content (AvgIpc) is 2.09. The highest BCUT2D eigenvalue weighted by molar-refractivity contribution is 6.28. The minimum Gasteiger partial charge on any atom is -0.501 e. The summed E-state index contributed by atoms with van der Waals surface area (Å²) in [6.45, 7) is 2.51. The molecule has 0 unspecified atom stereocenters. The van der Waals surface area contributed by atoms with E-state index in [1.807, 2.05) is 6.92 Å². The highest BCUT2D eigenvalue weighted by Crippen LogP contribution is 2.11. The van der Waals surface area contributed by atoms with Gasteiger partial charge in [0.1, 0.15) is 5.82 Å². The number of aromatic nitrogens is 2. The smallest absolute Gasteiger partial charge is 0.224 e. The predicted molar refractivity (Wildman–Crippen MR) is 52.1 cm³/mol. The first-order chi connectivity index (χ1) is 6.24. The van der Waals surface area contributed by atoms with Crippen LogP contribution < -0.4 is 5.73 Å². The topological polar surface area (TPSA) is 61.0 Å². The first-order valence-electron chi connectivity index (χ1n) is 3.80. The summed E-state index contributed by atoms with van der Waals surface area (Å²) in [5.41, 5.74) is 6.25. The minimum absolute atomic E-state index is 0.144. The minimum atomic E-state index is 0.144. The molecular weight excluding hydrogens is 190 g/mol. The van der Waals surface area contributed by atoms with Gasteiger partial charge in [0.2, 0.25) is 5.28 Å². The van der Waals surface area contributed by atoms with Crippen LogP contribution >= 0.6 is 11.6 Å². The van der Waals surface area contributed by atoms with Crippen LogP contribution in [0.2, 0.25) is 5.28 Å². The van der Waals surface area contributed by atoms with Crippen LogP contribution in [-0.2, 0) is 4.74 Å². The fraction of sp³-hybridized carbons (Fsp3) is 0.250. The molecule has 1 aromatic heterocycles. The Morgan fingerprint density at radius 3 is 3.08 bits per heavy atom. The van der Waals surface area contributed by atoms with Crippen LogP contribution in [0.5, 0.6) is 0 Å². The Bertz CT molecular complexity index is 314. The van der Waals surface area contributed by atoms with Gasteiger partial charge in [-0.05, 0) is 24.6 Å². The molecule has 1 rings (SSSR count). The van der Waals surface area contributed by atoms with Crippen molar-refractivity contribution >= 4 is 23.5 Å². The molecule has 0 amide bonds. The summed E-state index contributed by atoms with van der Waals surface area (Å²) in [5.74, 6) is 0.343. The molecule has 1 aromatic rings. The number of nitrogen functional groups attached to an aromatic ring is 1. The molecule has 0 aromatic carbocycles.